The minimum absolute atomic E-state index is 0.0679. The quantitative estimate of drug-likeness (QED) is 0.535. The number of urea groups is 1. The van der Waals surface area contributed by atoms with Crippen LogP contribution in [0.3, 0.4) is 0 Å². The van der Waals surface area contributed by atoms with E-state index >= 15 is 0 Å². The van der Waals surface area contributed by atoms with Gasteiger partial charge in [-0.2, -0.15) is 0 Å². The fourth-order valence-electron chi connectivity index (χ4n) is 1.51. The zero-order valence-corrected chi connectivity index (χ0v) is 10.8. The number of amides is 2. The minimum atomic E-state index is -1.11. The number of carboxylic acid groups (broad SMARTS) is 1. The molecule has 0 saturated carbocycles. The van der Waals surface area contributed by atoms with E-state index in [4.69, 9.17) is 5.11 Å². The van der Waals surface area contributed by atoms with Crippen LogP contribution in [-0.4, -0.2) is 28.1 Å². The predicted octanol–water partition coefficient (Wildman–Crippen LogP) is 1.26. The van der Waals surface area contributed by atoms with Crippen LogP contribution in [0.15, 0.2) is 24.3 Å². The molecule has 0 aliphatic carbocycles. The highest BCUT2D eigenvalue weighted by molar-refractivity contribution is 5.82. The number of hydrogen-bond acceptors (Lipinski definition) is 4. The number of nitrogens with one attached hydrogen (secondary N) is 2. The Morgan fingerprint density at radius 3 is 2.70 bits per heavy atom. The Balaban J connectivity index is 2.54. The summed E-state index contributed by atoms with van der Waals surface area (Å²) in [6.07, 6.45) is 0.263. The lowest BCUT2D eigenvalue weighted by Gasteiger charge is -2.13. The SMILES string of the molecule is CC[C@@H](NC(=O)NCc1cccc([N+](=O)[O-])c1)C(=O)O. The summed E-state index contributed by atoms with van der Waals surface area (Å²) in [5, 5.41) is 24.1. The van der Waals surface area contributed by atoms with Crippen LogP contribution in [-0.2, 0) is 11.3 Å². The number of benzene rings is 1. The van der Waals surface area contributed by atoms with E-state index in [1.807, 2.05) is 0 Å². The lowest BCUT2D eigenvalue weighted by Crippen LogP contribution is -2.45. The zero-order chi connectivity index (χ0) is 15.1. The number of carboxylic acids is 1. The number of carbonyl (C=O) groups excluding carboxylic acids is 1. The van der Waals surface area contributed by atoms with Gasteiger partial charge in [-0.3, -0.25) is 10.1 Å². The molecule has 0 heterocycles. The van der Waals surface area contributed by atoms with Gasteiger partial charge in [-0.25, -0.2) is 9.59 Å². The summed E-state index contributed by atoms with van der Waals surface area (Å²) in [4.78, 5) is 32.3. The van der Waals surface area contributed by atoms with Crippen molar-refractivity contribution in [3.63, 3.8) is 0 Å². The van der Waals surface area contributed by atoms with Crippen molar-refractivity contribution in [2.24, 2.45) is 0 Å². The van der Waals surface area contributed by atoms with E-state index in [-0.39, 0.29) is 18.7 Å². The molecule has 0 aromatic heterocycles. The monoisotopic (exact) mass is 281 g/mol. The largest absolute Gasteiger partial charge is 0.480 e. The maximum Gasteiger partial charge on any atom is 0.326 e. The first kappa shape index (κ1) is 15.4. The summed E-state index contributed by atoms with van der Waals surface area (Å²) in [5.74, 6) is -1.11. The molecule has 0 spiro atoms. The molecule has 0 radical (unpaired) electrons. The van der Waals surface area contributed by atoms with Crippen molar-refractivity contribution in [3.05, 3.63) is 39.9 Å². The molecule has 8 nitrogen and oxygen atoms in total. The standard InChI is InChI=1S/C12H15N3O5/c1-2-10(11(16)17)14-12(18)13-7-8-4-3-5-9(6-8)15(19)20/h3-6,10H,2,7H2,1H3,(H,16,17)(H2,13,14,18)/t10-/m1/s1. The second-order valence-electron chi connectivity index (χ2n) is 4.05. The van der Waals surface area contributed by atoms with E-state index in [2.05, 4.69) is 10.6 Å². The van der Waals surface area contributed by atoms with Gasteiger partial charge >= 0.3 is 12.0 Å². The van der Waals surface area contributed by atoms with Gasteiger partial charge in [0.2, 0.25) is 0 Å². The van der Waals surface area contributed by atoms with Gasteiger partial charge in [0.25, 0.3) is 5.69 Å². The highest BCUT2D eigenvalue weighted by atomic mass is 16.6. The van der Waals surface area contributed by atoms with Crippen LogP contribution in [0, 0.1) is 10.1 Å². The fraction of sp³-hybridized carbons (Fsp3) is 0.333. The molecule has 0 bridgehead atoms. The molecule has 2 amide bonds. The Labute approximate surface area is 114 Å². The van der Waals surface area contributed by atoms with Gasteiger partial charge in [0.05, 0.1) is 4.92 Å². The molecule has 1 aromatic rings. The van der Waals surface area contributed by atoms with Crippen LogP contribution >= 0.6 is 0 Å². The van der Waals surface area contributed by atoms with Crippen molar-refractivity contribution in [1.82, 2.24) is 10.6 Å². The number of rotatable bonds is 6. The summed E-state index contributed by atoms with van der Waals surface area (Å²) in [6, 6.07) is 4.24. The summed E-state index contributed by atoms with van der Waals surface area (Å²) in [6.45, 7) is 1.71. The predicted molar refractivity (Wildman–Crippen MR) is 70.2 cm³/mol. The van der Waals surface area contributed by atoms with Crippen LogP contribution in [0.5, 0.6) is 0 Å². The maximum absolute atomic E-state index is 11.5. The molecule has 3 N–H and O–H groups in total. The van der Waals surface area contributed by atoms with Gasteiger partial charge in [-0.1, -0.05) is 19.1 Å². The number of aliphatic carboxylic acids is 1. The molecule has 8 heteroatoms. The Morgan fingerprint density at radius 2 is 2.15 bits per heavy atom. The first-order chi connectivity index (χ1) is 9.43. The summed E-state index contributed by atoms with van der Waals surface area (Å²) >= 11 is 0. The third kappa shape index (κ3) is 4.56. The average Bonchev–Trinajstić information content (AvgIpc) is 2.42. The third-order valence-electron chi connectivity index (χ3n) is 2.59. The molecule has 0 aliphatic rings. The Hall–Kier alpha value is -2.64. The van der Waals surface area contributed by atoms with E-state index in [1.54, 1.807) is 13.0 Å². The number of non-ortho nitro benzene ring substituents is 1. The zero-order valence-electron chi connectivity index (χ0n) is 10.8. The molecular weight excluding hydrogens is 266 g/mol. The molecule has 0 saturated heterocycles. The maximum atomic E-state index is 11.5. The van der Waals surface area contributed by atoms with Crippen LogP contribution in [0.25, 0.3) is 0 Å². The topological polar surface area (TPSA) is 122 Å². The normalized spacial score (nSPS) is 11.4. The van der Waals surface area contributed by atoms with E-state index in [0.717, 1.165) is 0 Å². The smallest absolute Gasteiger partial charge is 0.326 e. The summed E-state index contributed by atoms with van der Waals surface area (Å²) in [5.41, 5.74) is 0.486. The van der Waals surface area contributed by atoms with E-state index in [1.165, 1.54) is 18.2 Å². The van der Waals surface area contributed by atoms with Gasteiger partial charge in [-0.05, 0) is 12.0 Å². The van der Waals surface area contributed by atoms with E-state index in [0.29, 0.717) is 5.56 Å². The second kappa shape index (κ2) is 7.07. The Bertz CT molecular complexity index is 518. The molecule has 0 unspecified atom stereocenters. The van der Waals surface area contributed by atoms with Crippen molar-refractivity contribution in [1.29, 1.82) is 0 Å². The van der Waals surface area contributed by atoms with E-state index in [9.17, 15) is 19.7 Å². The number of nitrogens with zero attached hydrogens (tertiary/aromatic N) is 1. The molecule has 0 fully saturated rings. The fourth-order valence-corrected chi connectivity index (χ4v) is 1.51. The van der Waals surface area contributed by atoms with Crippen molar-refractivity contribution in [3.8, 4) is 0 Å². The summed E-state index contributed by atoms with van der Waals surface area (Å²) < 4.78 is 0. The van der Waals surface area contributed by atoms with Crippen molar-refractivity contribution in [2.45, 2.75) is 25.9 Å². The molecule has 20 heavy (non-hydrogen) atoms. The van der Waals surface area contributed by atoms with Crippen LogP contribution in [0.4, 0.5) is 10.5 Å². The number of hydrogen-bond donors (Lipinski definition) is 3. The van der Waals surface area contributed by atoms with Crippen molar-refractivity contribution in [2.75, 3.05) is 0 Å². The molecule has 1 aromatic carbocycles. The van der Waals surface area contributed by atoms with E-state index < -0.39 is 23.0 Å². The Kier molecular flexibility index (Phi) is 5.45. The summed E-state index contributed by atoms with van der Waals surface area (Å²) in [7, 11) is 0. The Morgan fingerprint density at radius 1 is 1.45 bits per heavy atom. The highest BCUT2D eigenvalue weighted by Gasteiger charge is 2.17. The van der Waals surface area contributed by atoms with Crippen LogP contribution < -0.4 is 10.6 Å². The van der Waals surface area contributed by atoms with Gasteiger partial charge in [0, 0.05) is 18.7 Å². The molecule has 0 aliphatic heterocycles. The third-order valence-corrected chi connectivity index (χ3v) is 2.59. The lowest BCUT2D eigenvalue weighted by molar-refractivity contribution is -0.384. The van der Waals surface area contributed by atoms with Gasteiger partial charge < -0.3 is 15.7 Å². The van der Waals surface area contributed by atoms with Gasteiger partial charge in [0.1, 0.15) is 6.04 Å². The number of nitro groups is 1. The molecule has 1 rings (SSSR count). The van der Waals surface area contributed by atoms with Crippen molar-refractivity contribution < 1.29 is 19.6 Å². The van der Waals surface area contributed by atoms with Gasteiger partial charge in [-0.15, -0.1) is 0 Å². The van der Waals surface area contributed by atoms with Crippen molar-refractivity contribution >= 4 is 17.7 Å². The van der Waals surface area contributed by atoms with Crippen LogP contribution in [0.2, 0.25) is 0 Å². The average molecular weight is 281 g/mol. The highest BCUT2D eigenvalue weighted by Crippen LogP contribution is 2.12. The first-order valence-corrected chi connectivity index (χ1v) is 5.94. The molecular formula is C12H15N3O5. The lowest BCUT2D eigenvalue weighted by atomic mass is 10.2. The number of carbonyl (C=O) groups is 2. The molecule has 108 valence electrons. The second-order valence-corrected chi connectivity index (χ2v) is 4.05. The number of nitro benzene ring substituents is 1. The minimum Gasteiger partial charge on any atom is -0.480 e. The van der Waals surface area contributed by atoms with Gasteiger partial charge in [0.15, 0.2) is 0 Å². The van der Waals surface area contributed by atoms with Crippen LogP contribution in [0.1, 0.15) is 18.9 Å². The first-order valence-electron chi connectivity index (χ1n) is 5.94. The molecule has 1 atom stereocenters.